The van der Waals surface area contributed by atoms with Gasteiger partial charge in [-0.05, 0) is 86.1 Å². The molecule has 1 aliphatic carbocycles. The first-order chi connectivity index (χ1) is 18.7. The minimum absolute atomic E-state index is 0.0187. The summed E-state index contributed by atoms with van der Waals surface area (Å²) in [5, 5.41) is 11.6. The van der Waals surface area contributed by atoms with Crippen LogP contribution in [0, 0.1) is 0 Å². The quantitative estimate of drug-likeness (QED) is 0.319. The van der Waals surface area contributed by atoms with Crippen LogP contribution >= 0.6 is 11.6 Å². The van der Waals surface area contributed by atoms with Gasteiger partial charge in [-0.15, -0.1) is 0 Å². The molecule has 0 aromatic heterocycles. The summed E-state index contributed by atoms with van der Waals surface area (Å²) in [4.78, 5) is 18.2. The number of hydrogen-bond acceptors (Lipinski definition) is 4. The standard InChI is InChI=1S/C33H37ClN2O3/c1-33(2,3)39-32(38)35-18-17-29(26-13-8-12-25(20-26)24-10-5-4-6-11-24)30(22-35)31(37)36(28-15-16-28)21-23-9-7-14-27(34)19-23/h4-14,19-20,28,32,38H,15-18,21-22H2,1-3H3. The van der Waals surface area contributed by atoms with Gasteiger partial charge in [0.15, 0.2) is 0 Å². The van der Waals surface area contributed by atoms with Gasteiger partial charge in [0.2, 0.25) is 6.41 Å². The SMILES string of the molecule is CC(C)(C)OC(O)N1CCC(c2cccc(-c3ccccc3)c2)=C(C(=O)N(Cc2cccc(Cl)c2)C2CC2)C1. The first-order valence-corrected chi connectivity index (χ1v) is 14.1. The third-order valence-electron chi connectivity index (χ3n) is 7.21. The van der Waals surface area contributed by atoms with Crippen molar-refractivity contribution in [2.75, 3.05) is 13.1 Å². The van der Waals surface area contributed by atoms with E-state index >= 15 is 0 Å². The van der Waals surface area contributed by atoms with Crippen molar-refractivity contribution in [3.05, 3.63) is 101 Å². The van der Waals surface area contributed by atoms with Gasteiger partial charge in [-0.2, -0.15) is 0 Å². The minimum atomic E-state index is -1.09. The summed E-state index contributed by atoms with van der Waals surface area (Å²) >= 11 is 6.27. The predicted molar refractivity (Wildman–Crippen MR) is 157 cm³/mol. The molecular formula is C33H37ClN2O3. The van der Waals surface area contributed by atoms with Gasteiger partial charge in [0.1, 0.15) is 0 Å². The molecule has 0 bridgehead atoms. The molecule has 1 unspecified atom stereocenters. The number of hydrogen-bond donors (Lipinski definition) is 1. The molecule has 1 aliphatic heterocycles. The highest BCUT2D eigenvalue weighted by Gasteiger charge is 2.37. The van der Waals surface area contributed by atoms with Crippen LogP contribution in [-0.4, -0.2) is 52.0 Å². The van der Waals surface area contributed by atoms with E-state index < -0.39 is 12.0 Å². The molecule has 1 saturated carbocycles. The lowest BCUT2D eigenvalue weighted by Crippen LogP contribution is -2.47. The first kappa shape index (κ1) is 27.6. The zero-order valence-electron chi connectivity index (χ0n) is 22.9. The Bertz CT molecular complexity index is 1340. The molecule has 1 atom stereocenters. The van der Waals surface area contributed by atoms with Crippen molar-refractivity contribution in [2.24, 2.45) is 0 Å². The van der Waals surface area contributed by atoms with Gasteiger partial charge in [0, 0.05) is 36.3 Å². The second kappa shape index (κ2) is 11.6. The molecule has 1 fully saturated rings. The van der Waals surface area contributed by atoms with Crippen LogP contribution in [0.15, 0.2) is 84.4 Å². The van der Waals surface area contributed by atoms with Crippen molar-refractivity contribution in [1.82, 2.24) is 9.80 Å². The number of rotatable bonds is 8. The van der Waals surface area contributed by atoms with Crippen molar-refractivity contribution in [2.45, 2.75) is 64.6 Å². The monoisotopic (exact) mass is 544 g/mol. The highest BCUT2D eigenvalue weighted by Crippen LogP contribution is 2.36. The van der Waals surface area contributed by atoms with E-state index in [0.29, 0.717) is 31.1 Å². The third-order valence-corrected chi connectivity index (χ3v) is 7.45. The molecule has 1 heterocycles. The zero-order valence-corrected chi connectivity index (χ0v) is 23.7. The summed E-state index contributed by atoms with van der Waals surface area (Å²) < 4.78 is 5.87. The smallest absolute Gasteiger partial charge is 0.251 e. The summed E-state index contributed by atoms with van der Waals surface area (Å²) in [6.07, 6.45) is 1.54. The van der Waals surface area contributed by atoms with E-state index in [1.165, 1.54) is 0 Å². The molecule has 39 heavy (non-hydrogen) atoms. The first-order valence-electron chi connectivity index (χ1n) is 13.7. The summed E-state index contributed by atoms with van der Waals surface area (Å²) in [7, 11) is 0. The van der Waals surface area contributed by atoms with Crippen molar-refractivity contribution < 1.29 is 14.6 Å². The number of aliphatic hydroxyl groups is 1. The van der Waals surface area contributed by atoms with E-state index in [0.717, 1.165) is 46.2 Å². The van der Waals surface area contributed by atoms with Crippen LogP contribution in [0.1, 0.15) is 51.2 Å². The number of benzene rings is 3. The third kappa shape index (κ3) is 6.98. The number of nitrogens with zero attached hydrogens (tertiary/aromatic N) is 2. The lowest BCUT2D eigenvalue weighted by molar-refractivity contribution is -0.237. The van der Waals surface area contributed by atoms with E-state index in [1.807, 2.05) is 73.0 Å². The fraction of sp³-hybridized carbons (Fsp3) is 0.364. The van der Waals surface area contributed by atoms with Crippen molar-refractivity contribution in [3.8, 4) is 11.1 Å². The Balaban J connectivity index is 1.52. The Morgan fingerprint density at radius 1 is 1.00 bits per heavy atom. The average Bonchev–Trinajstić information content (AvgIpc) is 3.76. The maximum atomic E-state index is 14.3. The van der Waals surface area contributed by atoms with E-state index in [1.54, 1.807) is 0 Å². The molecule has 204 valence electrons. The highest BCUT2D eigenvalue weighted by molar-refractivity contribution is 6.30. The largest absolute Gasteiger partial charge is 0.356 e. The van der Waals surface area contributed by atoms with Crippen molar-refractivity contribution >= 4 is 23.1 Å². The van der Waals surface area contributed by atoms with Gasteiger partial charge in [-0.3, -0.25) is 9.69 Å². The summed E-state index contributed by atoms with van der Waals surface area (Å²) in [5.41, 5.74) is 5.56. The Kier molecular flexibility index (Phi) is 8.24. The van der Waals surface area contributed by atoms with Gasteiger partial charge in [0.25, 0.3) is 5.91 Å². The highest BCUT2D eigenvalue weighted by atomic mass is 35.5. The lowest BCUT2D eigenvalue weighted by atomic mass is 9.90. The number of halogens is 1. The molecule has 0 saturated heterocycles. The summed E-state index contributed by atoms with van der Waals surface area (Å²) in [5.74, 6) is 0.0187. The normalized spacial score (nSPS) is 17.3. The number of aliphatic hydroxyl groups excluding tert-OH is 1. The molecular weight excluding hydrogens is 508 g/mol. The van der Waals surface area contributed by atoms with E-state index in [4.69, 9.17) is 16.3 Å². The number of ether oxygens (including phenoxy) is 1. The van der Waals surface area contributed by atoms with Crippen LogP contribution in [0.3, 0.4) is 0 Å². The molecule has 2 aliphatic rings. The van der Waals surface area contributed by atoms with Crippen LogP contribution in [-0.2, 0) is 16.1 Å². The van der Waals surface area contributed by atoms with Gasteiger partial charge < -0.3 is 14.7 Å². The van der Waals surface area contributed by atoms with Gasteiger partial charge in [0.05, 0.1) is 5.60 Å². The molecule has 1 N–H and O–H groups in total. The van der Waals surface area contributed by atoms with E-state index in [2.05, 4.69) is 36.4 Å². The van der Waals surface area contributed by atoms with Crippen LogP contribution in [0.25, 0.3) is 16.7 Å². The molecule has 0 spiro atoms. The molecule has 5 nitrogen and oxygen atoms in total. The summed E-state index contributed by atoms with van der Waals surface area (Å²) in [6, 6.07) is 26.6. The van der Waals surface area contributed by atoms with Crippen LogP contribution in [0.5, 0.6) is 0 Å². The molecule has 6 heteroatoms. The van der Waals surface area contributed by atoms with Gasteiger partial charge in [-0.1, -0.05) is 72.3 Å². The second-order valence-electron chi connectivity index (χ2n) is 11.5. The van der Waals surface area contributed by atoms with Gasteiger partial charge >= 0.3 is 0 Å². The second-order valence-corrected chi connectivity index (χ2v) is 11.9. The topological polar surface area (TPSA) is 53.0 Å². The number of carbonyl (C=O) groups is 1. The Hall–Kier alpha value is -2.96. The Morgan fingerprint density at radius 3 is 2.38 bits per heavy atom. The fourth-order valence-corrected chi connectivity index (χ4v) is 5.37. The number of carbonyl (C=O) groups excluding carboxylic acids is 1. The Labute approximate surface area is 236 Å². The fourth-order valence-electron chi connectivity index (χ4n) is 5.15. The lowest BCUT2D eigenvalue weighted by Gasteiger charge is -2.37. The zero-order chi connectivity index (χ0) is 27.6. The van der Waals surface area contributed by atoms with Crippen LogP contribution in [0.4, 0.5) is 0 Å². The predicted octanol–water partition coefficient (Wildman–Crippen LogP) is 6.75. The molecule has 3 aromatic carbocycles. The molecule has 5 rings (SSSR count). The van der Waals surface area contributed by atoms with Gasteiger partial charge in [-0.25, -0.2) is 0 Å². The summed E-state index contributed by atoms with van der Waals surface area (Å²) in [6.45, 7) is 7.18. The molecule has 0 radical (unpaired) electrons. The number of amides is 1. The maximum Gasteiger partial charge on any atom is 0.251 e. The van der Waals surface area contributed by atoms with E-state index in [-0.39, 0.29) is 11.9 Å². The molecule has 3 aromatic rings. The van der Waals surface area contributed by atoms with Crippen molar-refractivity contribution in [1.29, 1.82) is 0 Å². The minimum Gasteiger partial charge on any atom is -0.356 e. The molecule has 1 amide bonds. The average molecular weight is 545 g/mol. The Morgan fingerprint density at radius 2 is 1.69 bits per heavy atom. The van der Waals surface area contributed by atoms with Crippen molar-refractivity contribution in [3.63, 3.8) is 0 Å². The van der Waals surface area contributed by atoms with Crippen LogP contribution in [0.2, 0.25) is 5.02 Å². The maximum absolute atomic E-state index is 14.3. The van der Waals surface area contributed by atoms with E-state index in [9.17, 15) is 9.90 Å². The van der Waals surface area contributed by atoms with Crippen LogP contribution < -0.4 is 0 Å².